The van der Waals surface area contributed by atoms with E-state index in [4.69, 9.17) is 16.3 Å². The van der Waals surface area contributed by atoms with E-state index in [0.717, 1.165) is 35.9 Å². The van der Waals surface area contributed by atoms with Crippen LogP contribution in [0.1, 0.15) is 43.0 Å². The van der Waals surface area contributed by atoms with Gasteiger partial charge >= 0.3 is 0 Å². The van der Waals surface area contributed by atoms with Crippen LogP contribution in [-0.2, 0) is 14.3 Å². The van der Waals surface area contributed by atoms with Gasteiger partial charge < -0.3 is 15.0 Å². The van der Waals surface area contributed by atoms with Crippen molar-refractivity contribution in [2.75, 3.05) is 13.2 Å². The number of nitrogens with zero attached hydrogens (tertiary/aromatic N) is 2. The lowest BCUT2D eigenvalue weighted by Crippen LogP contribution is -2.55. The molecule has 4 atom stereocenters. The average Bonchev–Trinajstić information content (AvgIpc) is 3.49. The third kappa shape index (κ3) is 3.93. The fourth-order valence-corrected chi connectivity index (χ4v) is 6.30. The van der Waals surface area contributed by atoms with Crippen molar-refractivity contribution >= 4 is 50.8 Å². The van der Waals surface area contributed by atoms with Gasteiger partial charge in [0.15, 0.2) is 5.78 Å². The van der Waals surface area contributed by atoms with Crippen LogP contribution < -0.4 is 5.32 Å². The number of carbonyl (C=O) groups excluding carboxylic acids is 3. The number of Topliss-reactive ketones (excluding diaryl/α,β-unsaturated/α-hetero) is 1. The maximum Gasteiger partial charge on any atom is 0.251 e. The van der Waals surface area contributed by atoms with Crippen molar-refractivity contribution in [1.29, 1.82) is 0 Å². The summed E-state index contributed by atoms with van der Waals surface area (Å²) in [5.74, 6) is 0.00220. The van der Waals surface area contributed by atoms with Crippen LogP contribution in [0.2, 0.25) is 0 Å². The first-order valence-electron chi connectivity index (χ1n) is 11.2. The minimum atomic E-state index is -0.692. The molecule has 2 saturated heterocycles. The third-order valence-electron chi connectivity index (χ3n) is 7.08. The standard InChI is InChI=1S/C23H26ClN3O4S/c1-12-2-4-13(5-3-12)19(23(30)27-9-15(24)21-20(27)17(28)10-31-21)26-22(29)14-6-7-16-18(8-14)32-11-25-16/h6-8,11-13,15,19-21H,2-5,9-10H2,1H3,(H,26,29)/t12-,13-,15-,19-,20+,21+/m0/s1. The normalized spacial score (nSPS) is 31.0. The number of ketones is 1. The molecule has 0 radical (unpaired) electrons. The Hall–Kier alpha value is -2.03. The molecule has 1 aromatic carbocycles. The number of hydrogen-bond acceptors (Lipinski definition) is 6. The zero-order valence-electron chi connectivity index (χ0n) is 17.8. The number of alkyl halides is 1. The number of amides is 2. The van der Waals surface area contributed by atoms with E-state index in [1.807, 2.05) is 12.1 Å². The molecule has 0 unspecified atom stereocenters. The first-order chi connectivity index (χ1) is 15.4. The molecule has 0 bridgehead atoms. The molecule has 0 spiro atoms. The van der Waals surface area contributed by atoms with E-state index >= 15 is 0 Å². The Morgan fingerprint density at radius 1 is 1.28 bits per heavy atom. The van der Waals surface area contributed by atoms with Gasteiger partial charge in [-0.05, 0) is 42.9 Å². The van der Waals surface area contributed by atoms with Crippen LogP contribution >= 0.6 is 22.9 Å². The largest absolute Gasteiger partial charge is 0.366 e. The van der Waals surface area contributed by atoms with E-state index in [-0.39, 0.29) is 36.7 Å². The highest BCUT2D eigenvalue weighted by Crippen LogP contribution is 2.35. The molecule has 7 nitrogen and oxygen atoms in total. The van der Waals surface area contributed by atoms with Crippen LogP contribution in [0.4, 0.5) is 0 Å². The lowest BCUT2D eigenvalue weighted by molar-refractivity contribution is -0.139. The summed E-state index contributed by atoms with van der Waals surface area (Å²) in [4.78, 5) is 45.2. The van der Waals surface area contributed by atoms with Crippen molar-refractivity contribution in [3.8, 4) is 0 Å². The number of likely N-dealkylation sites (tertiary alicyclic amines) is 1. The van der Waals surface area contributed by atoms with Crippen LogP contribution in [0.25, 0.3) is 10.2 Å². The summed E-state index contributed by atoms with van der Waals surface area (Å²) >= 11 is 7.88. The molecule has 3 aliphatic rings. The second-order valence-electron chi connectivity index (χ2n) is 9.20. The van der Waals surface area contributed by atoms with E-state index in [9.17, 15) is 14.4 Å². The van der Waals surface area contributed by atoms with Gasteiger partial charge in [-0.3, -0.25) is 14.4 Å². The minimum absolute atomic E-state index is 0.0187. The molecule has 2 aliphatic heterocycles. The lowest BCUT2D eigenvalue weighted by atomic mass is 9.78. The third-order valence-corrected chi connectivity index (χ3v) is 8.26. The van der Waals surface area contributed by atoms with Crippen molar-refractivity contribution in [3.05, 3.63) is 29.3 Å². The monoisotopic (exact) mass is 475 g/mol. The molecule has 2 amide bonds. The SMILES string of the molecule is C[C@H]1CC[C@H]([C@H](NC(=O)c2ccc3ncsc3c2)C(=O)N2C[C@H](Cl)[C@H]3OCC(=O)[C@H]32)CC1. The van der Waals surface area contributed by atoms with Gasteiger partial charge in [0.05, 0.1) is 21.1 Å². The second-order valence-corrected chi connectivity index (χ2v) is 10.6. The topological polar surface area (TPSA) is 88.6 Å². The Balaban J connectivity index is 1.40. The molecule has 32 heavy (non-hydrogen) atoms. The number of ether oxygens (including phenoxy) is 1. The molecule has 5 rings (SSSR count). The Kier molecular flexibility index (Phi) is 5.94. The van der Waals surface area contributed by atoms with Crippen LogP contribution in [-0.4, -0.2) is 64.2 Å². The average molecular weight is 476 g/mol. The predicted molar refractivity (Wildman–Crippen MR) is 122 cm³/mol. The molecule has 170 valence electrons. The van der Waals surface area contributed by atoms with Gasteiger partial charge in [-0.1, -0.05) is 19.8 Å². The van der Waals surface area contributed by atoms with Crippen molar-refractivity contribution in [2.45, 2.75) is 56.2 Å². The highest BCUT2D eigenvalue weighted by Gasteiger charge is 2.53. The number of thiazole rings is 1. The van der Waals surface area contributed by atoms with E-state index in [1.165, 1.54) is 11.3 Å². The van der Waals surface area contributed by atoms with Gasteiger partial charge in [-0.15, -0.1) is 22.9 Å². The smallest absolute Gasteiger partial charge is 0.251 e. The zero-order chi connectivity index (χ0) is 22.4. The van der Waals surface area contributed by atoms with Crippen molar-refractivity contribution < 1.29 is 19.1 Å². The highest BCUT2D eigenvalue weighted by atomic mass is 35.5. The number of fused-ring (bicyclic) bond motifs is 2. The summed E-state index contributed by atoms with van der Waals surface area (Å²) in [5, 5.41) is 2.60. The lowest BCUT2D eigenvalue weighted by Gasteiger charge is -2.35. The number of benzene rings is 1. The fraction of sp³-hybridized carbons (Fsp3) is 0.565. The minimum Gasteiger partial charge on any atom is -0.366 e. The van der Waals surface area contributed by atoms with E-state index in [0.29, 0.717) is 11.5 Å². The molecule has 3 heterocycles. The zero-order valence-corrected chi connectivity index (χ0v) is 19.4. The molecular weight excluding hydrogens is 450 g/mol. The van der Waals surface area contributed by atoms with Crippen molar-refractivity contribution in [1.82, 2.24) is 15.2 Å². The summed E-state index contributed by atoms with van der Waals surface area (Å²) in [6, 6.07) is 4.01. The Morgan fingerprint density at radius 2 is 2.06 bits per heavy atom. The summed E-state index contributed by atoms with van der Waals surface area (Å²) in [7, 11) is 0. The van der Waals surface area contributed by atoms with Crippen LogP contribution in [0.15, 0.2) is 23.7 Å². The molecule has 1 aliphatic carbocycles. The summed E-state index contributed by atoms with van der Waals surface area (Å²) in [6.45, 7) is 2.45. The summed E-state index contributed by atoms with van der Waals surface area (Å²) < 4.78 is 6.46. The Bertz CT molecular complexity index is 1050. The quantitative estimate of drug-likeness (QED) is 0.687. The maximum atomic E-state index is 13.7. The van der Waals surface area contributed by atoms with Gasteiger partial charge in [0.1, 0.15) is 24.8 Å². The van der Waals surface area contributed by atoms with Gasteiger partial charge in [0.2, 0.25) is 5.91 Å². The second kappa shape index (κ2) is 8.72. The van der Waals surface area contributed by atoms with E-state index < -0.39 is 23.6 Å². The number of halogens is 1. The first-order valence-corrected chi connectivity index (χ1v) is 12.5. The highest BCUT2D eigenvalue weighted by molar-refractivity contribution is 7.16. The Morgan fingerprint density at radius 3 is 2.84 bits per heavy atom. The van der Waals surface area contributed by atoms with Gasteiger partial charge in [-0.25, -0.2) is 4.98 Å². The van der Waals surface area contributed by atoms with Crippen molar-refractivity contribution in [2.24, 2.45) is 11.8 Å². The summed E-state index contributed by atoms with van der Waals surface area (Å²) in [6.07, 6.45) is 3.29. The van der Waals surface area contributed by atoms with E-state index in [2.05, 4.69) is 17.2 Å². The predicted octanol–water partition coefficient (Wildman–Crippen LogP) is 3.01. The van der Waals surface area contributed by atoms with Gasteiger partial charge in [-0.2, -0.15) is 0 Å². The molecule has 1 N–H and O–H groups in total. The van der Waals surface area contributed by atoms with Crippen LogP contribution in [0.3, 0.4) is 0 Å². The Labute approximate surface area is 195 Å². The molecule has 1 aromatic heterocycles. The number of aromatic nitrogens is 1. The number of nitrogens with one attached hydrogen (secondary N) is 1. The first kappa shape index (κ1) is 21.8. The van der Waals surface area contributed by atoms with E-state index in [1.54, 1.807) is 16.5 Å². The molecule has 2 aromatic rings. The van der Waals surface area contributed by atoms with Gasteiger partial charge in [0, 0.05) is 12.1 Å². The summed E-state index contributed by atoms with van der Waals surface area (Å²) in [5.41, 5.74) is 3.09. The molecule has 9 heteroatoms. The van der Waals surface area contributed by atoms with Crippen LogP contribution in [0.5, 0.6) is 0 Å². The molecule has 1 saturated carbocycles. The van der Waals surface area contributed by atoms with Gasteiger partial charge in [0.25, 0.3) is 5.91 Å². The van der Waals surface area contributed by atoms with Crippen molar-refractivity contribution in [3.63, 3.8) is 0 Å². The molecule has 3 fully saturated rings. The number of rotatable bonds is 4. The number of hydrogen-bond donors (Lipinski definition) is 1. The van der Waals surface area contributed by atoms with Crippen LogP contribution in [0, 0.1) is 11.8 Å². The maximum absolute atomic E-state index is 13.7. The molecular formula is C23H26ClN3O4S. The fourth-order valence-electron chi connectivity index (χ4n) is 5.22. The number of carbonyl (C=O) groups is 3.